The fraction of sp³-hybridized carbons (Fsp3) is 0.800. The van der Waals surface area contributed by atoms with Gasteiger partial charge in [-0.3, -0.25) is 4.90 Å². The number of nitrogens with zero attached hydrogens (tertiary/aromatic N) is 1. The van der Waals surface area contributed by atoms with E-state index < -0.39 is 0 Å². The van der Waals surface area contributed by atoms with Crippen molar-refractivity contribution in [3.8, 4) is 0 Å². The van der Waals surface area contributed by atoms with Gasteiger partial charge in [-0.25, -0.2) is 0 Å². The number of likely N-dealkylation sites (N-methyl/N-ethyl adjacent to an activating group) is 1. The molecule has 0 aromatic heterocycles. The maximum atomic E-state index is 5.95. The fourth-order valence-electron chi connectivity index (χ4n) is 1.02. The number of hydrogen-bond donors (Lipinski definition) is 1. The van der Waals surface area contributed by atoms with E-state index in [1.165, 1.54) is 0 Å². The highest BCUT2D eigenvalue weighted by molar-refractivity contribution is 4.77. The Balaban J connectivity index is 3.75. The Morgan fingerprint density at radius 3 is 2.42 bits per heavy atom. The summed E-state index contributed by atoms with van der Waals surface area (Å²) in [7, 11) is 0. The summed E-state index contributed by atoms with van der Waals surface area (Å²) >= 11 is 0. The zero-order chi connectivity index (χ0) is 9.56. The van der Waals surface area contributed by atoms with Crippen LogP contribution in [0.25, 0.3) is 0 Å². The molecule has 2 heteroatoms. The minimum Gasteiger partial charge on any atom is -0.326 e. The molecule has 0 spiro atoms. The van der Waals surface area contributed by atoms with Crippen LogP contribution in [0.2, 0.25) is 0 Å². The van der Waals surface area contributed by atoms with E-state index in [1.54, 1.807) is 0 Å². The van der Waals surface area contributed by atoms with Crippen LogP contribution in [0.3, 0.4) is 0 Å². The van der Waals surface area contributed by atoms with Crippen LogP contribution in [-0.4, -0.2) is 30.6 Å². The summed E-state index contributed by atoms with van der Waals surface area (Å²) in [5.74, 6) is 0.559. The van der Waals surface area contributed by atoms with E-state index in [0.29, 0.717) is 5.92 Å². The lowest BCUT2D eigenvalue weighted by molar-refractivity contribution is 0.271. The smallest absolute Gasteiger partial charge is 0.0191 e. The van der Waals surface area contributed by atoms with Crippen LogP contribution in [0.1, 0.15) is 20.8 Å². The van der Waals surface area contributed by atoms with E-state index in [4.69, 9.17) is 5.73 Å². The topological polar surface area (TPSA) is 29.3 Å². The zero-order valence-corrected chi connectivity index (χ0v) is 8.59. The molecule has 0 bridgehead atoms. The van der Waals surface area contributed by atoms with Gasteiger partial charge in [0.1, 0.15) is 0 Å². The van der Waals surface area contributed by atoms with Gasteiger partial charge in [-0.05, 0) is 12.5 Å². The molecule has 0 saturated heterocycles. The van der Waals surface area contributed by atoms with Gasteiger partial charge in [-0.2, -0.15) is 0 Å². The fourth-order valence-corrected chi connectivity index (χ4v) is 1.02. The van der Waals surface area contributed by atoms with E-state index in [2.05, 4.69) is 32.3 Å². The van der Waals surface area contributed by atoms with Crippen molar-refractivity contribution >= 4 is 0 Å². The Bertz CT molecular complexity index is 121. The Labute approximate surface area is 76.4 Å². The van der Waals surface area contributed by atoms with Crippen molar-refractivity contribution in [3.05, 3.63) is 12.7 Å². The van der Waals surface area contributed by atoms with Gasteiger partial charge in [0.2, 0.25) is 0 Å². The van der Waals surface area contributed by atoms with Crippen molar-refractivity contribution in [1.29, 1.82) is 0 Å². The van der Waals surface area contributed by atoms with Crippen LogP contribution < -0.4 is 5.73 Å². The summed E-state index contributed by atoms with van der Waals surface area (Å²) in [5, 5.41) is 0. The molecule has 0 rings (SSSR count). The lowest BCUT2D eigenvalue weighted by atomic mass is 10.1. The molecular weight excluding hydrogens is 148 g/mol. The van der Waals surface area contributed by atoms with E-state index in [-0.39, 0.29) is 6.04 Å². The maximum Gasteiger partial charge on any atom is 0.0191 e. The van der Waals surface area contributed by atoms with Gasteiger partial charge in [0.15, 0.2) is 0 Å². The molecule has 0 aromatic carbocycles. The van der Waals surface area contributed by atoms with Crippen molar-refractivity contribution < 1.29 is 0 Å². The van der Waals surface area contributed by atoms with Gasteiger partial charge in [-0.1, -0.05) is 26.8 Å². The highest BCUT2D eigenvalue weighted by atomic mass is 15.1. The van der Waals surface area contributed by atoms with Crippen LogP contribution in [-0.2, 0) is 0 Å². The van der Waals surface area contributed by atoms with Crippen molar-refractivity contribution in [1.82, 2.24) is 4.90 Å². The Kier molecular flexibility index (Phi) is 6.03. The summed E-state index contributed by atoms with van der Waals surface area (Å²) in [5.41, 5.74) is 5.95. The first-order chi connectivity index (χ1) is 5.61. The molecule has 2 N–H and O–H groups in total. The Morgan fingerprint density at radius 2 is 2.08 bits per heavy atom. The van der Waals surface area contributed by atoms with Gasteiger partial charge < -0.3 is 5.73 Å². The summed E-state index contributed by atoms with van der Waals surface area (Å²) in [6.45, 7) is 13.1. The van der Waals surface area contributed by atoms with Crippen molar-refractivity contribution in [2.24, 2.45) is 11.7 Å². The lowest BCUT2D eigenvalue weighted by Gasteiger charge is -2.24. The molecule has 0 aliphatic rings. The maximum absolute atomic E-state index is 5.95. The normalized spacial score (nSPS) is 13.8. The van der Waals surface area contributed by atoms with E-state index in [9.17, 15) is 0 Å². The van der Waals surface area contributed by atoms with Crippen LogP contribution in [0, 0.1) is 5.92 Å². The number of nitrogens with two attached hydrogens (primary N) is 1. The molecule has 2 nitrogen and oxygen atoms in total. The predicted molar refractivity (Wildman–Crippen MR) is 55.1 cm³/mol. The van der Waals surface area contributed by atoms with Gasteiger partial charge in [0.25, 0.3) is 0 Å². The molecule has 12 heavy (non-hydrogen) atoms. The van der Waals surface area contributed by atoms with Crippen molar-refractivity contribution in [3.63, 3.8) is 0 Å². The Morgan fingerprint density at radius 1 is 1.50 bits per heavy atom. The highest BCUT2D eigenvalue weighted by Crippen LogP contribution is 2.00. The highest BCUT2D eigenvalue weighted by Gasteiger charge is 2.10. The van der Waals surface area contributed by atoms with Gasteiger partial charge in [0.05, 0.1) is 0 Å². The SMILES string of the molecule is C=CCN(CC)CC(N)C(C)C. The largest absolute Gasteiger partial charge is 0.326 e. The average molecular weight is 170 g/mol. The third-order valence-electron chi connectivity index (χ3n) is 2.16. The molecular formula is C10H22N2. The molecule has 1 unspecified atom stereocenters. The number of rotatable bonds is 6. The molecule has 0 radical (unpaired) electrons. The first-order valence-electron chi connectivity index (χ1n) is 4.70. The first kappa shape index (κ1) is 11.7. The van der Waals surface area contributed by atoms with Crippen LogP contribution in [0.4, 0.5) is 0 Å². The summed E-state index contributed by atoms with van der Waals surface area (Å²) in [6.07, 6.45) is 1.93. The molecule has 1 atom stereocenters. The van der Waals surface area contributed by atoms with E-state index in [0.717, 1.165) is 19.6 Å². The van der Waals surface area contributed by atoms with Crippen molar-refractivity contribution in [2.45, 2.75) is 26.8 Å². The van der Waals surface area contributed by atoms with Gasteiger partial charge in [-0.15, -0.1) is 6.58 Å². The summed E-state index contributed by atoms with van der Waals surface area (Å²) in [6, 6.07) is 0.282. The molecule has 0 aromatic rings. The molecule has 0 heterocycles. The second-order valence-electron chi connectivity index (χ2n) is 3.55. The average Bonchev–Trinajstić information content (AvgIpc) is 2.03. The third-order valence-corrected chi connectivity index (χ3v) is 2.16. The molecule has 72 valence electrons. The summed E-state index contributed by atoms with van der Waals surface area (Å²) < 4.78 is 0. The molecule has 0 saturated carbocycles. The second-order valence-corrected chi connectivity index (χ2v) is 3.55. The van der Waals surface area contributed by atoms with Gasteiger partial charge in [0, 0.05) is 19.1 Å². The zero-order valence-electron chi connectivity index (χ0n) is 8.59. The first-order valence-corrected chi connectivity index (χ1v) is 4.70. The minimum absolute atomic E-state index is 0.282. The monoisotopic (exact) mass is 170 g/mol. The van der Waals surface area contributed by atoms with Crippen LogP contribution >= 0.6 is 0 Å². The minimum atomic E-state index is 0.282. The quantitative estimate of drug-likeness (QED) is 0.612. The standard InChI is InChI=1S/C10H22N2/c1-5-7-12(6-2)8-10(11)9(3)4/h5,9-10H,1,6-8,11H2,2-4H3. The van der Waals surface area contributed by atoms with Crippen LogP contribution in [0.5, 0.6) is 0 Å². The predicted octanol–water partition coefficient (Wildman–Crippen LogP) is 1.48. The van der Waals surface area contributed by atoms with Crippen molar-refractivity contribution in [2.75, 3.05) is 19.6 Å². The summed E-state index contributed by atoms with van der Waals surface area (Å²) in [4.78, 5) is 2.30. The molecule has 0 fully saturated rings. The molecule has 0 aliphatic carbocycles. The van der Waals surface area contributed by atoms with Crippen LogP contribution in [0.15, 0.2) is 12.7 Å². The Hall–Kier alpha value is -0.340. The molecule has 0 amide bonds. The van der Waals surface area contributed by atoms with E-state index in [1.807, 2.05) is 6.08 Å². The number of hydrogen-bond acceptors (Lipinski definition) is 2. The van der Waals surface area contributed by atoms with E-state index >= 15 is 0 Å². The van der Waals surface area contributed by atoms with Gasteiger partial charge >= 0.3 is 0 Å². The third kappa shape index (κ3) is 4.52. The molecule has 0 aliphatic heterocycles. The second kappa shape index (κ2) is 6.21. The lowest BCUT2D eigenvalue weighted by Crippen LogP contribution is -2.40.